The highest BCUT2D eigenvalue weighted by Gasteiger charge is 2.70. The molecule has 1 aromatic carbocycles. The first-order valence-corrected chi connectivity index (χ1v) is 20.9. The number of hydrogen-bond donors (Lipinski definition) is 0. The maximum Gasteiger partial charge on any atom is 0.490 e. The minimum Gasteiger partial charge on any atom is -0.493 e. The molecule has 1 unspecified atom stereocenters. The van der Waals surface area contributed by atoms with E-state index < -0.39 is 40.1 Å². The van der Waals surface area contributed by atoms with Gasteiger partial charge in [0.1, 0.15) is 6.10 Å². The van der Waals surface area contributed by atoms with E-state index in [-0.39, 0.29) is 70.8 Å². The van der Waals surface area contributed by atoms with Crippen molar-refractivity contribution in [3.63, 3.8) is 0 Å². The minimum absolute atomic E-state index is 0.000799. The van der Waals surface area contributed by atoms with E-state index >= 15 is 0 Å². The average molecular weight is 832 g/mol. The minimum atomic E-state index is -5.03. The zero-order chi connectivity index (χ0) is 43.4. The van der Waals surface area contributed by atoms with Gasteiger partial charge < -0.3 is 23.8 Å². The summed E-state index contributed by atoms with van der Waals surface area (Å²) >= 11 is 0. The van der Waals surface area contributed by atoms with Gasteiger partial charge in [-0.2, -0.15) is 13.2 Å². The van der Waals surface area contributed by atoms with E-state index in [1.807, 2.05) is 13.8 Å². The number of ether oxygens (including phenoxy) is 4. The number of allylic oxidation sites excluding steroid dienone is 2. The highest BCUT2D eigenvalue weighted by Crippen LogP contribution is 2.76. The third-order valence-electron chi connectivity index (χ3n) is 16.0. The molecule has 11 nitrogen and oxygen atoms in total. The molecule has 1 aromatic rings. The second-order valence-corrected chi connectivity index (χ2v) is 19.8. The van der Waals surface area contributed by atoms with Gasteiger partial charge in [-0.1, -0.05) is 66.2 Å². The Bertz CT molecular complexity index is 1890. The van der Waals surface area contributed by atoms with Crippen LogP contribution in [0, 0.1) is 60.4 Å². The van der Waals surface area contributed by atoms with Crippen molar-refractivity contribution in [2.75, 3.05) is 20.3 Å². The SMILES string of the molecule is COc1cc(/C=C/C(=O)OCCCO[N+](=O)[O-])ccc1OC(=O)[C@]12CCC(C)(C)C[C@H]1C1=CC[C@@H]3[C@@]4(C)CC[C@H](OC(=O)C(F)(F)F)C(C)(C)C4CC[C@@]3(C)[C@]1(C)CC2. The normalized spacial score (nSPS) is 34.5. The number of nitrogens with zero attached hydrogens (tertiary/aromatic N) is 1. The molecule has 0 heterocycles. The van der Waals surface area contributed by atoms with Crippen LogP contribution in [0.3, 0.4) is 0 Å². The Morgan fingerprint density at radius 1 is 0.915 bits per heavy atom. The molecule has 5 aliphatic carbocycles. The molecule has 0 N–H and O–H groups in total. The van der Waals surface area contributed by atoms with Crippen LogP contribution >= 0.6 is 0 Å². The van der Waals surface area contributed by atoms with Crippen molar-refractivity contribution in [1.29, 1.82) is 0 Å². The van der Waals surface area contributed by atoms with Gasteiger partial charge in [-0.3, -0.25) is 4.79 Å². The predicted molar refractivity (Wildman–Crippen MR) is 211 cm³/mol. The molecule has 4 saturated carbocycles. The van der Waals surface area contributed by atoms with E-state index in [2.05, 4.69) is 45.5 Å². The van der Waals surface area contributed by atoms with Crippen molar-refractivity contribution < 1.29 is 56.4 Å². The molecule has 5 aliphatic rings. The molecule has 0 saturated heterocycles. The molecule has 6 rings (SSSR count). The Morgan fingerprint density at radius 3 is 2.31 bits per heavy atom. The van der Waals surface area contributed by atoms with Gasteiger partial charge in [-0.15, -0.1) is 10.1 Å². The first-order chi connectivity index (χ1) is 27.4. The van der Waals surface area contributed by atoms with Crippen LogP contribution in [0.4, 0.5) is 13.2 Å². The number of halogens is 3. The molecule has 326 valence electrons. The fraction of sp³-hybridized carbons (Fsp3) is 0.711. The van der Waals surface area contributed by atoms with Crippen LogP contribution in [0.5, 0.6) is 11.5 Å². The summed E-state index contributed by atoms with van der Waals surface area (Å²) in [6.45, 7) is 15.4. The van der Waals surface area contributed by atoms with Crippen LogP contribution in [0.15, 0.2) is 35.9 Å². The third-order valence-corrected chi connectivity index (χ3v) is 16.0. The van der Waals surface area contributed by atoms with E-state index in [1.54, 1.807) is 18.2 Å². The quantitative estimate of drug-likeness (QED) is 0.0403. The van der Waals surface area contributed by atoms with Crippen LogP contribution in [0.1, 0.15) is 125 Å². The van der Waals surface area contributed by atoms with Gasteiger partial charge in [0.05, 0.1) is 25.7 Å². The van der Waals surface area contributed by atoms with E-state index in [4.69, 9.17) is 18.9 Å². The van der Waals surface area contributed by atoms with E-state index in [9.17, 15) is 37.7 Å². The second kappa shape index (κ2) is 15.7. The topological polar surface area (TPSA) is 141 Å². The van der Waals surface area contributed by atoms with Gasteiger partial charge in [0.15, 0.2) is 11.5 Å². The van der Waals surface area contributed by atoms with Gasteiger partial charge in [-0.05, 0) is 127 Å². The fourth-order valence-corrected chi connectivity index (χ4v) is 12.6. The zero-order valence-corrected chi connectivity index (χ0v) is 35.6. The lowest BCUT2D eigenvalue weighted by atomic mass is 9.33. The molecule has 4 fully saturated rings. The highest BCUT2D eigenvalue weighted by molar-refractivity contribution is 5.87. The number of methoxy groups -OCH3 is 1. The van der Waals surface area contributed by atoms with Crippen molar-refractivity contribution in [3.05, 3.63) is 51.6 Å². The summed E-state index contributed by atoms with van der Waals surface area (Å²) < 4.78 is 62.1. The second-order valence-electron chi connectivity index (χ2n) is 19.8. The third kappa shape index (κ3) is 7.98. The Morgan fingerprint density at radius 2 is 1.63 bits per heavy atom. The molecule has 0 spiro atoms. The molecule has 0 aromatic heterocycles. The lowest BCUT2D eigenvalue weighted by molar-refractivity contribution is -0.757. The van der Waals surface area contributed by atoms with Gasteiger partial charge in [0.25, 0.3) is 5.09 Å². The number of esters is 3. The first kappa shape index (κ1) is 44.5. The summed E-state index contributed by atoms with van der Waals surface area (Å²) in [4.78, 5) is 53.5. The predicted octanol–water partition coefficient (Wildman–Crippen LogP) is 10.0. The number of alkyl halides is 3. The summed E-state index contributed by atoms with van der Waals surface area (Å²) in [5, 5.41) is 9.37. The van der Waals surface area contributed by atoms with Crippen LogP contribution in [0.25, 0.3) is 6.08 Å². The largest absolute Gasteiger partial charge is 0.493 e. The number of hydrogen-bond acceptors (Lipinski definition) is 10. The lowest BCUT2D eigenvalue weighted by Crippen LogP contribution is -2.65. The molecule has 0 aliphatic heterocycles. The van der Waals surface area contributed by atoms with Crippen molar-refractivity contribution in [2.45, 2.75) is 131 Å². The van der Waals surface area contributed by atoms with Crippen molar-refractivity contribution in [3.8, 4) is 11.5 Å². The molecule has 59 heavy (non-hydrogen) atoms. The van der Waals surface area contributed by atoms with Gasteiger partial charge in [-0.25, -0.2) is 9.59 Å². The summed E-state index contributed by atoms with van der Waals surface area (Å²) in [5.41, 5.74) is 0.0345. The zero-order valence-electron chi connectivity index (χ0n) is 35.6. The number of rotatable bonds is 11. The Hall–Kier alpha value is -4.10. The van der Waals surface area contributed by atoms with Crippen LogP contribution in [-0.4, -0.2) is 55.6 Å². The molecule has 0 amide bonds. The number of benzene rings is 1. The average Bonchev–Trinajstić information content (AvgIpc) is 3.14. The Balaban J connectivity index is 1.23. The molecule has 0 radical (unpaired) electrons. The van der Waals surface area contributed by atoms with E-state index in [0.29, 0.717) is 37.0 Å². The van der Waals surface area contributed by atoms with Crippen LogP contribution in [0.2, 0.25) is 0 Å². The summed E-state index contributed by atoms with van der Waals surface area (Å²) in [6, 6.07) is 5.05. The number of carbonyl (C=O) groups excluding carboxylic acids is 3. The lowest BCUT2D eigenvalue weighted by Gasteiger charge is -2.71. The first-order valence-electron chi connectivity index (χ1n) is 20.9. The summed E-state index contributed by atoms with van der Waals surface area (Å²) in [6.07, 6.45) is 6.94. The van der Waals surface area contributed by atoms with Gasteiger partial charge in [0.2, 0.25) is 0 Å². The maximum atomic E-state index is 14.8. The number of carbonyl (C=O) groups is 3. The van der Waals surface area contributed by atoms with Crippen molar-refractivity contribution in [1.82, 2.24) is 0 Å². The Kier molecular flexibility index (Phi) is 11.9. The van der Waals surface area contributed by atoms with Crippen molar-refractivity contribution in [2.24, 2.45) is 50.2 Å². The van der Waals surface area contributed by atoms with Gasteiger partial charge >= 0.3 is 24.1 Å². The standard InChI is InChI=1S/C45H60F3NO10/c1-39(2)20-22-44(37(51)58-31-13-10-28(26-32(31)55-8)11-15-36(50)56-24-9-25-57-49(53)54)23-21-42(6)29(30(44)27-39)12-14-34-41(5)18-17-35(59-38(52)45(46,47)48)40(3,4)33(41)16-19-43(34,42)7/h10-13,15,26,30,33-35H,9,14,16-25,27H2,1-8H3/b15-11+/t30-,33?,34+,35-,41-,42+,43+,44-/m0/s1. The maximum absolute atomic E-state index is 14.8. The summed E-state index contributed by atoms with van der Waals surface area (Å²) in [7, 11) is 1.49. The van der Waals surface area contributed by atoms with E-state index in [1.165, 1.54) is 24.8 Å². The Labute approximate surface area is 344 Å². The van der Waals surface area contributed by atoms with Crippen molar-refractivity contribution >= 4 is 24.0 Å². The number of fused-ring (bicyclic) bond motifs is 7. The fourth-order valence-electron chi connectivity index (χ4n) is 12.6. The summed E-state index contributed by atoms with van der Waals surface area (Å²) in [5.74, 6) is -2.12. The molecule has 8 atom stereocenters. The molecule has 0 bridgehead atoms. The van der Waals surface area contributed by atoms with Crippen LogP contribution < -0.4 is 9.47 Å². The van der Waals surface area contributed by atoms with E-state index in [0.717, 1.165) is 38.5 Å². The monoisotopic (exact) mass is 831 g/mol. The van der Waals surface area contributed by atoms with Gasteiger partial charge in [0, 0.05) is 17.9 Å². The molecule has 14 heteroatoms. The molecular formula is C45H60F3NO10. The smallest absolute Gasteiger partial charge is 0.490 e. The molecular weight excluding hydrogens is 771 g/mol. The highest BCUT2D eigenvalue weighted by atomic mass is 19.4. The van der Waals surface area contributed by atoms with Crippen LogP contribution in [-0.2, 0) is 28.7 Å².